The summed E-state index contributed by atoms with van der Waals surface area (Å²) < 4.78 is 14.3. The molecule has 1 fully saturated rings. The molecule has 1 saturated heterocycles. The molecule has 1 unspecified atom stereocenters. The van der Waals surface area contributed by atoms with Gasteiger partial charge in [-0.05, 0) is 71.6 Å². The number of aromatic nitrogens is 3. The number of piperidine rings is 1. The molecule has 0 aliphatic carbocycles. The minimum absolute atomic E-state index is 0.00260. The number of hydrogen-bond acceptors (Lipinski definition) is 6. The predicted molar refractivity (Wildman–Crippen MR) is 138 cm³/mol. The minimum Gasteiger partial charge on any atom is -0.352 e. The fourth-order valence-electron chi connectivity index (χ4n) is 5.00. The zero-order valence-electron chi connectivity index (χ0n) is 19.6. The third-order valence-corrected chi connectivity index (χ3v) is 8.37. The summed E-state index contributed by atoms with van der Waals surface area (Å²) in [4.78, 5) is 30.1. The van der Waals surface area contributed by atoms with Crippen LogP contribution in [0.3, 0.4) is 0 Å². The van der Waals surface area contributed by atoms with E-state index in [0.29, 0.717) is 24.7 Å². The highest BCUT2D eigenvalue weighted by atomic mass is 79.9. The van der Waals surface area contributed by atoms with Crippen LogP contribution < -0.4 is 5.32 Å². The Morgan fingerprint density at radius 3 is 2.56 bits per heavy atom. The maximum atomic E-state index is 14.0. The summed E-state index contributed by atoms with van der Waals surface area (Å²) in [5.74, 6) is 0.169. The second-order valence-corrected chi connectivity index (χ2v) is 10.8. The number of nitrogens with one attached hydrogen (secondary N) is 1. The Hall–Kier alpha value is -2.39. The third kappa shape index (κ3) is 5.00. The highest BCUT2D eigenvalue weighted by Gasteiger charge is 2.44. The first-order valence-electron chi connectivity index (χ1n) is 11.6. The maximum Gasteiger partial charge on any atom is 0.274 e. The molecule has 0 saturated carbocycles. The van der Waals surface area contributed by atoms with Crippen LogP contribution in [0.15, 0.2) is 41.1 Å². The lowest BCUT2D eigenvalue weighted by atomic mass is 9.69. The molecule has 1 atom stereocenters. The Bertz CT molecular complexity index is 1130. The molecule has 3 aromatic rings. The van der Waals surface area contributed by atoms with Gasteiger partial charge in [-0.3, -0.25) is 4.79 Å². The molecule has 3 heterocycles. The van der Waals surface area contributed by atoms with E-state index in [4.69, 9.17) is 0 Å². The van der Waals surface area contributed by atoms with Crippen molar-refractivity contribution in [1.82, 2.24) is 19.9 Å². The molecule has 34 heavy (non-hydrogen) atoms. The van der Waals surface area contributed by atoms with Gasteiger partial charge in [0, 0.05) is 25.5 Å². The van der Waals surface area contributed by atoms with E-state index in [1.165, 1.54) is 23.5 Å². The standard InChI is InChI=1S/C25H29BrFN5OS/c1-4-25(5-2)11-6-12-32(20(25)15-30-24-28-13-18(26)14-29-24)23(33)21-22(34-16(3)31-21)17-7-9-19(27)10-8-17/h7-10,13-14,20H,4-6,11-12,15H2,1-3H3,(H,28,29,30). The average Bonchev–Trinajstić information content (AvgIpc) is 3.25. The van der Waals surface area contributed by atoms with Gasteiger partial charge in [0.05, 0.1) is 20.4 Å². The molecule has 1 N–H and O–H groups in total. The van der Waals surface area contributed by atoms with Crippen LogP contribution in [0.4, 0.5) is 10.3 Å². The Kier molecular flexibility index (Phi) is 7.62. The smallest absolute Gasteiger partial charge is 0.274 e. The molecule has 9 heteroatoms. The number of amides is 1. The molecule has 0 bridgehead atoms. The number of benzene rings is 1. The van der Waals surface area contributed by atoms with Gasteiger partial charge >= 0.3 is 0 Å². The van der Waals surface area contributed by atoms with Gasteiger partial charge in [0.1, 0.15) is 11.5 Å². The molecular formula is C25H29BrFN5OS. The summed E-state index contributed by atoms with van der Waals surface area (Å²) in [5.41, 5.74) is 1.25. The summed E-state index contributed by atoms with van der Waals surface area (Å²) in [6, 6.07) is 6.23. The number of halogens is 2. The molecule has 1 aliphatic rings. The molecule has 4 rings (SSSR count). The van der Waals surface area contributed by atoms with Crippen LogP contribution in [0.5, 0.6) is 0 Å². The first-order chi connectivity index (χ1) is 16.4. The minimum atomic E-state index is -0.300. The lowest BCUT2D eigenvalue weighted by Crippen LogP contribution is -2.57. The van der Waals surface area contributed by atoms with Crippen LogP contribution in [-0.4, -0.2) is 44.9 Å². The van der Waals surface area contributed by atoms with E-state index in [0.717, 1.165) is 45.6 Å². The molecule has 2 aromatic heterocycles. The van der Waals surface area contributed by atoms with E-state index >= 15 is 0 Å². The van der Waals surface area contributed by atoms with Crippen LogP contribution in [0, 0.1) is 18.2 Å². The first-order valence-corrected chi connectivity index (χ1v) is 13.2. The van der Waals surface area contributed by atoms with Crippen LogP contribution >= 0.6 is 27.3 Å². The van der Waals surface area contributed by atoms with Gasteiger partial charge in [-0.25, -0.2) is 19.3 Å². The number of carbonyl (C=O) groups excluding carboxylic acids is 1. The Morgan fingerprint density at radius 2 is 1.91 bits per heavy atom. The normalized spacial score (nSPS) is 17.6. The summed E-state index contributed by atoms with van der Waals surface area (Å²) >= 11 is 4.84. The number of aryl methyl sites for hydroxylation is 1. The van der Waals surface area contributed by atoms with E-state index in [2.05, 4.69) is 50.0 Å². The van der Waals surface area contributed by atoms with Crippen LogP contribution in [0.25, 0.3) is 10.4 Å². The number of rotatable bonds is 7. The molecule has 1 amide bonds. The van der Waals surface area contributed by atoms with Gasteiger partial charge in [-0.1, -0.05) is 26.0 Å². The Labute approximate surface area is 212 Å². The number of hydrogen-bond donors (Lipinski definition) is 1. The average molecular weight is 547 g/mol. The predicted octanol–water partition coefficient (Wildman–Crippen LogP) is 6.33. The third-order valence-electron chi connectivity index (χ3n) is 6.94. The number of likely N-dealkylation sites (tertiary alicyclic amines) is 1. The van der Waals surface area contributed by atoms with E-state index in [1.54, 1.807) is 24.5 Å². The summed E-state index contributed by atoms with van der Waals surface area (Å²) in [6.45, 7) is 7.55. The highest BCUT2D eigenvalue weighted by molar-refractivity contribution is 9.10. The monoisotopic (exact) mass is 545 g/mol. The zero-order valence-corrected chi connectivity index (χ0v) is 22.0. The van der Waals surface area contributed by atoms with Crippen molar-refractivity contribution in [2.75, 3.05) is 18.4 Å². The van der Waals surface area contributed by atoms with Crippen LogP contribution in [0.1, 0.15) is 55.0 Å². The molecule has 180 valence electrons. The number of anilines is 1. The summed E-state index contributed by atoms with van der Waals surface area (Å²) in [6.07, 6.45) is 7.38. The zero-order chi connectivity index (χ0) is 24.3. The van der Waals surface area contributed by atoms with Crippen molar-refractivity contribution in [2.45, 2.75) is 52.5 Å². The SMILES string of the molecule is CCC1(CC)CCCN(C(=O)c2nc(C)sc2-c2ccc(F)cc2)C1CNc1ncc(Br)cn1. The molecule has 1 aromatic carbocycles. The van der Waals surface area contributed by atoms with E-state index in [9.17, 15) is 9.18 Å². The lowest BCUT2D eigenvalue weighted by molar-refractivity contribution is 0.0134. The van der Waals surface area contributed by atoms with E-state index in [1.807, 2.05) is 11.8 Å². The van der Waals surface area contributed by atoms with Gasteiger partial charge in [-0.15, -0.1) is 11.3 Å². The largest absolute Gasteiger partial charge is 0.352 e. The Morgan fingerprint density at radius 1 is 1.24 bits per heavy atom. The first kappa shape index (κ1) is 24.7. The van der Waals surface area contributed by atoms with Crippen molar-refractivity contribution in [1.29, 1.82) is 0 Å². The second kappa shape index (κ2) is 10.5. The fraction of sp³-hybridized carbons (Fsp3) is 0.440. The number of thiazole rings is 1. The quantitative estimate of drug-likeness (QED) is 0.375. The summed E-state index contributed by atoms with van der Waals surface area (Å²) in [5, 5.41) is 4.18. The van der Waals surface area contributed by atoms with Crippen molar-refractivity contribution in [3.63, 3.8) is 0 Å². The highest BCUT2D eigenvalue weighted by Crippen LogP contribution is 2.43. The number of carbonyl (C=O) groups is 1. The van der Waals surface area contributed by atoms with Gasteiger partial charge in [0.15, 0.2) is 0 Å². The van der Waals surface area contributed by atoms with Gasteiger partial charge in [0.2, 0.25) is 5.95 Å². The van der Waals surface area contributed by atoms with Gasteiger partial charge < -0.3 is 10.2 Å². The van der Waals surface area contributed by atoms with Gasteiger partial charge in [-0.2, -0.15) is 0 Å². The maximum absolute atomic E-state index is 14.0. The second-order valence-electron chi connectivity index (χ2n) is 8.71. The van der Waals surface area contributed by atoms with E-state index < -0.39 is 0 Å². The van der Waals surface area contributed by atoms with Crippen molar-refractivity contribution >= 4 is 39.1 Å². The van der Waals surface area contributed by atoms with Crippen molar-refractivity contribution in [3.05, 3.63) is 57.7 Å². The van der Waals surface area contributed by atoms with Gasteiger partial charge in [0.25, 0.3) is 5.91 Å². The molecule has 6 nitrogen and oxygen atoms in total. The molecule has 0 spiro atoms. The topological polar surface area (TPSA) is 71.0 Å². The summed E-state index contributed by atoms with van der Waals surface area (Å²) in [7, 11) is 0. The molecule has 0 radical (unpaired) electrons. The van der Waals surface area contributed by atoms with Crippen molar-refractivity contribution < 1.29 is 9.18 Å². The van der Waals surface area contributed by atoms with E-state index in [-0.39, 0.29) is 23.2 Å². The van der Waals surface area contributed by atoms with Crippen LogP contribution in [-0.2, 0) is 0 Å². The lowest BCUT2D eigenvalue weighted by Gasteiger charge is -2.49. The van der Waals surface area contributed by atoms with Crippen LogP contribution in [0.2, 0.25) is 0 Å². The van der Waals surface area contributed by atoms with Crippen molar-refractivity contribution in [2.24, 2.45) is 5.41 Å². The van der Waals surface area contributed by atoms with Crippen molar-refractivity contribution in [3.8, 4) is 10.4 Å². The fourth-order valence-corrected chi connectivity index (χ4v) is 6.12. The molecular weight excluding hydrogens is 517 g/mol. The Balaban J connectivity index is 1.67. The number of nitrogens with zero attached hydrogens (tertiary/aromatic N) is 4. The molecule has 1 aliphatic heterocycles.